The summed E-state index contributed by atoms with van der Waals surface area (Å²) in [7, 11) is 0. The number of furan rings is 1. The Morgan fingerprint density at radius 3 is 2.09 bits per heavy atom. The van der Waals surface area contributed by atoms with Crippen molar-refractivity contribution in [3.05, 3.63) is 156 Å². The summed E-state index contributed by atoms with van der Waals surface area (Å²) in [6, 6.07) is 48.0. The third-order valence-corrected chi connectivity index (χ3v) is 8.09. The lowest BCUT2D eigenvalue weighted by Crippen LogP contribution is -2.16. The summed E-state index contributed by atoms with van der Waals surface area (Å²) in [6.45, 7) is 0. The third-order valence-electron chi connectivity index (χ3n) is 8.09. The topological polar surface area (TPSA) is 90.1 Å². The molecule has 2 aromatic heterocycles. The van der Waals surface area contributed by atoms with Gasteiger partial charge in [-0.15, -0.1) is 0 Å². The van der Waals surface area contributed by atoms with E-state index in [0.29, 0.717) is 11.4 Å². The number of rotatable bonds is 4. The van der Waals surface area contributed by atoms with Gasteiger partial charge in [-0.25, -0.2) is 4.99 Å². The fourth-order valence-electron chi connectivity index (χ4n) is 5.97. The van der Waals surface area contributed by atoms with Crippen molar-refractivity contribution in [3.8, 4) is 11.8 Å². The Hall–Kier alpha value is -6.45. The molecule has 6 nitrogen and oxygen atoms in total. The molecule has 0 saturated carbocycles. The van der Waals surface area contributed by atoms with Gasteiger partial charge in [-0.05, 0) is 60.7 Å². The highest BCUT2D eigenvalue weighted by Gasteiger charge is 2.16. The number of amidine groups is 2. The molecule has 2 N–H and O–H groups in total. The van der Waals surface area contributed by atoms with Crippen LogP contribution in [0.1, 0.15) is 16.7 Å². The average molecular weight is 580 g/mol. The Morgan fingerprint density at radius 2 is 1.31 bits per heavy atom. The molecule has 0 aliphatic rings. The molecule has 0 unspecified atom stereocenters. The number of nitrogens with one attached hydrogen (secondary N) is 2. The van der Waals surface area contributed by atoms with Crippen LogP contribution in [-0.2, 0) is 0 Å². The van der Waals surface area contributed by atoms with E-state index in [1.807, 2.05) is 109 Å². The largest absolute Gasteiger partial charge is 0.456 e. The normalized spacial score (nSPS) is 11.8. The first-order valence-corrected chi connectivity index (χ1v) is 14.6. The van der Waals surface area contributed by atoms with Crippen LogP contribution in [-0.4, -0.2) is 16.2 Å². The van der Waals surface area contributed by atoms with E-state index in [4.69, 9.17) is 14.8 Å². The van der Waals surface area contributed by atoms with E-state index in [0.717, 1.165) is 66.2 Å². The zero-order chi connectivity index (χ0) is 30.3. The Balaban J connectivity index is 1.29. The first kappa shape index (κ1) is 26.2. The van der Waals surface area contributed by atoms with Crippen LogP contribution in [0.3, 0.4) is 0 Å². The smallest absolute Gasteiger partial charge is 0.154 e. The molecule has 8 rings (SSSR count). The molecule has 0 atom stereocenters. The lowest BCUT2D eigenvalue weighted by molar-refractivity contribution is 0.669. The molecule has 2 heterocycles. The van der Waals surface area contributed by atoms with Crippen molar-refractivity contribution >= 4 is 61.1 Å². The molecule has 6 aromatic carbocycles. The molecule has 212 valence electrons. The molecule has 0 amide bonds. The van der Waals surface area contributed by atoms with Gasteiger partial charge < -0.3 is 14.3 Å². The van der Waals surface area contributed by atoms with Crippen molar-refractivity contribution in [1.82, 2.24) is 4.57 Å². The van der Waals surface area contributed by atoms with Crippen molar-refractivity contribution in [2.45, 2.75) is 0 Å². The van der Waals surface area contributed by atoms with Gasteiger partial charge in [0, 0.05) is 44.0 Å². The maximum atomic E-state index is 9.75. The Bertz CT molecular complexity index is 2480. The van der Waals surface area contributed by atoms with Gasteiger partial charge >= 0.3 is 0 Å². The fourth-order valence-corrected chi connectivity index (χ4v) is 5.97. The van der Waals surface area contributed by atoms with Crippen LogP contribution in [0.15, 0.2) is 149 Å². The second kappa shape index (κ2) is 10.7. The van der Waals surface area contributed by atoms with Crippen molar-refractivity contribution in [2.24, 2.45) is 4.99 Å². The van der Waals surface area contributed by atoms with Crippen molar-refractivity contribution < 1.29 is 4.42 Å². The maximum absolute atomic E-state index is 9.75. The molecule has 0 bridgehead atoms. The molecule has 6 heteroatoms. The summed E-state index contributed by atoms with van der Waals surface area (Å²) in [5, 5.41) is 26.0. The standard InChI is InChI=1S/C39H25N5O/c40-24-25-15-18-34-31(21-25)32-22-28(42-39(27-11-5-2-6-12-27)43-38(41)26-9-3-1-4-10-26)16-19-35(32)44(34)29-17-20-37-33(23-29)30-13-7-8-14-36(30)45-37/h1-23H,(H2,41,42,43). The highest BCUT2D eigenvalue weighted by atomic mass is 16.3. The lowest BCUT2D eigenvalue weighted by atomic mass is 10.1. The van der Waals surface area contributed by atoms with Crippen molar-refractivity contribution in [1.29, 1.82) is 10.7 Å². The molecule has 0 spiro atoms. The van der Waals surface area contributed by atoms with Crippen LogP contribution in [0, 0.1) is 16.7 Å². The van der Waals surface area contributed by atoms with Crippen LogP contribution >= 0.6 is 0 Å². The zero-order valence-electron chi connectivity index (χ0n) is 24.0. The summed E-state index contributed by atoms with van der Waals surface area (Å²) in [6.07, 6.45) is 0. The van der Waals surface area contributed by atoms with E-state index in [1.54, 1.807) is 0 Å². The first-order chi connectivity index (χ1) is 22.2. The molecule has 0 aliphatic carbocycles. The number of benzene rings is 6. The van der Waals surface area contributed by atoms with Gasteiger partial charge in [0.05, 0.1) is 22.7 Å². The molecular weight excluding hydrogens is 554 g/mol. The lowest BCUT2D eigenvalue weighted by Gasteiger charge is -2.12. The molecule has 0 aliphatic heterocycles. The number of fused-ring (bicyclic) bond motifs is 6. The van der Waals surface area contributed by atoms with Gasteiger partial charge in [0.2, 0.25) is 0 Å². The van der Waals surface area contributed by atoms with E-state index < -0.39 is 0 Å². The van der Waals surface area contributed by atoms with Gasteiger partial charge in [-0.2, -0.15) is 5.26 Å². The van der Waals surface area contributed by atoms with E-state index in [2.05, 4.69) is 46.3 Å². The Kier molecular flexibility index (Phi) is 6.21. The van der Waals surface area contributed by atoms with E-state index >= 15 is 0 Å². The van der Waals surface area contributed by atoms with Gasteiger partial charge in [0.15, 0.2) is 5.84 Å². The quantitative estimate of drug-likeness (QED) is 0.161. The number of para-hydroxylation sites is 1. The van der Waals surface area contributed by atoms with Gasteiger partial charge in [-0.3, -0.25) is 5.41 Å². The maximum Gasteiger partial charge on any atom is 0.154 e. The summed E-state index contributed by atoms with van der Waals surface area (Å²) in [5.41, 5.74) is 7.73. The molecule has 0 radical (unpaired) electrons. The minimum absolute atomic E-state index is 0.167. The number of hydrogen-bond donors (Lipinski definition) is 2. The molecule has 0 fully saturated rings. The Labute approximate surface area is 258 Å². The van der Waals surface area contributed by atoms with Crippen LogP contribution in [0.4, 0.5) is 5.69 Å². The number of aromatic nitrogens is 1. The Morgan fingerprint density at radius 1 is 0.644 bits per heavy atom. The predicted molar refractivity (Wildman–Crippen MR) is 183 cm³/mol. The predicted octanol–water partition coefficient (Wildman–Crippen LogP) is 9.44. The number of anilines is 1. The van der Waals surface area contributed by atoms with E-state index in [1.165, 1.54) is 0 Å². The SMILES string of the molecule is N#Cc1ccc2c(c1)c1cc(NC(=NC(=N)c3ccccc3)c3ccccc3)ccc1n2-c1ccc2oc3ccccc3c2c1. The van der Waals surface area contributed by atoms with Crippen LogP contribution in [0.25, 0.3) is 49.4 Å². The van der Waals surface area contributed by atoms with E-state index in [-0.39, 0.29) is 5.84 Å². The van der Waals surface area contributed by atoms with Crippen molar-refractivity contribution in [3.63, 3.8) is 0 Å². The van der Waals surface area contributed by atoms with Gasteiger partial charge in [0.25, 0.3) is 0 Å². The second-order valence-corrected chi connectivity index (χ2v) is 10.9. The molecule has 0 saturated heterocycles. The average Bonchev–Trinajstić information content (AvgIpc) is 3.63. The van der Waals surface area contributed by atoms with Crippen LogP contribution in [0.2, 0.25) is 0 Å². The molecule has 8 aromatic rings. The van der Waals surface area contributed by atoms with E-state index in [9.17, 15) is 5.26 Å². The summed E-state index contributed by atoms with van der Waals surface area (Å²) in [5.74, 6) is 0.739. The summed E-state index contributed by atoms with van der Waals surface area (Å²) >= 11 is 0. The van der Waals surface area contributed by atoms with Gasteiger partial charge in [-0.1, -0.05) is 78.9 Å². The molecular formula is C39H25N5O. The number of nitriles is 1. The number of aliphatic imine (C=N–C) groups is 1. The highest BCUT2D eigenvalue weighted by Crippen LogP contribution is 2.37. The van der Waals surface area contributed by atoms with Gasteiger partial charge in [0.1, 0.15) is 17.0 Å². The third kappa shape index (κ3) is 4.60. The minimum atomic E-state index is 0.167. The second-order valence-electron chi connectivity index (χ2n) is 10.9. The van der Waals surface area contributed by atoms with Crippen molar-refractivity contribution in [2.75, 3.05) is 5.32 Å². The number of hydrogen-bond acceptors (Lipinski definition) is 3. The summed E-state index contributed by atoms with van der Waals surface area (Å²) in [4.78, 5) is 4.72. The highest BCUT2D eigenvalue weighted by molar-refractivity contribution is 6.17. The number of nitrogens with zero attached hydrogens (tertiary/aromatic N) is 3. The molecule has 45 heavy (non-hydrogen) atoms. The minimum Gasteiger partial charge on any atom is -0.456 e. The zero-order valence-corrected chi connectivity index (χ0v) is 24.0. The fraction of sp³-hybridized carbons (Fsp3) is 0. The first-order valence-electron chi connectivity index (χ1n) is 14.6. The summed E-state index contributed by atoms with van der Waals surface area (Å²) < 4.78 is 8.33. The van der Waals surface area contributed by atoms with Crippen LogP contribution in [0.5, 0.6) is 0 Å². The monoisotopic (exact) mass is 579 g/mol. The van der Waals surface area contributed by atoms with Crippen LogP contribution < -0.4 is 5.32 Å².